The Morgan fingerprint density at radius 2 is 2.10 bits per heavy atom. The van der Waals surface area contributed by atoms with Crippen LogP contribution in [0.3, 0.4) is 0 Å². The molecular formula is C14H17N3O3. The predicted octanol–water partition coefficient (Wildman–Crippen LogP) is 2.02. The van der Waals surface area contributed by atoms with Gasteiger partial charge in [0.2, 0.25) is 0 Å². The molecule has 0 atom stereocenters. The molecule has 1 N–H and O–H groups in total. The number of hydrogen-bond donors (Lipinski definition) is 1. The summed E-state index contributed by atoms with van der Waals surface area (Å²) in [5.74, 6) is 1.52. The van der Waals surface area contributed by atoms with Gasteiger partial charge in [0.15, 0.2) is 5.82 Å². The van der Waals surface area contributed by atoms with Crippen molar-refractivity contribution >= 4 is 11.5 Å². The van der Waals surface area contributed by atoms with Gasteiger partial charge in [0, 0.05) is 25.0 Å². The first-order chi connectivity index (χ1) is 9.69. The third-order valence-corrected chi connectivity index (χ3v) is 2.92. The molecule has 1 heterocycles. The Morgan fingerprint density at radius 3 is 2.75 bits per heavy atom. The number of nitrogens with one attached hydrogen (secondary N) is 1. The first-order valence-corrected chi connectivity index (χ1v) is 6.24. The van der Waals surface area contributed by atoms with Crippen LogP contribution in [0.2, 0.25) is 0 Å². The van der Waals surface area contributed by atoms with E-state index in [4.69, 9.17) is 9.47 Å². The molecule has 6 heteroatoms. The molecule has 2 rings (SSSR count). The Balaban J connectivity index is 2.37. The molecule has 0 aliphatic heterocycles. The minimum atomic E-state index is -0.173. The van der Waals surface area contributed by atoms with Crippen LogP contribution < -0.4 is 20.3 Å². The molecular weight excluding hydrogens is 258 g/mol. The van der Waals surface area contributed by atoms with E-state index in [2.05, 4.69) is 10.3 Å². The van der Waals surface area contributed by atoms with Crippen molar-refractivity contribution in [3.8, 4) is 11.5 Å². The van der Waals surface area contributed by atoms with Crippen molar-refractivity contribution < 1.29 is 9.47 Å². The van der Waals surface area contributed by atoms with Crippen LogP contribution in [-0.2, 0) is 6.54 Å². The lowest BCUT2D eigenvalue weighted by molar-refractivity contribution is 0.395. The van der Waals surface area contributed by atoms with Crippen molar-refractivity contribution in [3.63, 3.8) is 0 Å². The zero-order valence-corrected chi connectivity index (χ0v) is 11.7. The van der Waals surface area contributed by atoms with Gasteiger partial charge in [-0.2, -0.15) is 0 Å². The Morgan fingerprint density at radius 1 is 1.30 bits per heavy atom. The van der Waals surface area contributed by atoms with Gasteiger partial charge in [-0.25, -0.2) is 4.98 Å². The standard InChI is InChI=1S/C14H17N3O3/c1-4-17-8-7-15-13(14(17)18)16-11-6-5-10(19-2)9-12(11)20-3/h5-9H,4H2,1-3H3,(H,15,16). The van der Waals surface area contributed by atoms with Crippen molar-refractivity contribution in [2.45, 2.75) is 13.5 Å². The normalized spacial score (nSPS) is 10.2. The molecule has 1 aromatic heterocycles. The highest BCUT2D eigenvalue weighted by Gasteiger charge is 2.09. The molecule has 0 fully saturated rings. The first-order valence-electron chi connectivity index (χ1n) is 6.24. The molecule has 0 unspecified atom stereocenters. The van der Waals surface area contributed by atoms with Crippen LogP contribution in [0.15, 0.2) is 35.4 Å². The minimum absolute atomic E-state index is 0.173. The van der Waals surface area contributed by atoms with E-state index in [1.54, 1.807) is 49.4 Å². The van der Waals surface area contributed by atoms with Gasteiger partial charge in [-0.15, -0.1) is 0 Å². The van der Waals surface area contributed by atoms with E-state index in [9.17, 15) is 4.79 Å². The van der Waals surface area contributed by atoms with E-state index in [-0.39, 0.29) is 11.4 Å². The number of ether oxygens (including phenoxy) is 2. The minimum Gasteiger partial charge on any atom is -0.497 e. The average Bonchev–Trinajstić information content (AvgIpc) is 2.49. The van der Waals surface area contributed by atoms with Crippen LogP contribution in [0, 0.1) is 0 Å². The summed E-state index contributed by atoms with van der Waals surface area (Å²) >= 11 is 0. The lowest BCUT2D eigenvalue weighted by atomic mass is 10.2. The van der Waals surface area contributed by atoms with Gasteiger partial charge in [-0.05, 0) is 19.1 Å². The first kappa shape index (κ1) is 13.9. The second-order valence-corrected chi connectivity index (χ2v) is 4.06. The molecule has 0 saturated heterocycles. The Hall–Kier alpha value is -2.50. The average molecular weight is 275 g/mol. The van der Waals surface area contributed by atoms with E-state index in [1.807, 2.05) is 6.92 Å². The second kappa shape index (κ2) is 6.10. The maximum absolute atomic E-state index is 12.1. The van der Waals surface area contributed by atoms with E-state index in [0.717, 1.165) is 0 Å². The number of benzene rings is 1. The van der Waals surface area contributed by atoms with Gasteiger partial charge in [0.25, 0.3) is 5.56 Å². The summed E-state index contributed by atoms with van der Waals surface area (Å²) in [6.07, 6.45) is 3.24. The zero-order chi connectivity index (χ0) is 14.5. The Kier molecular flexibility index (Phi) is 4.24. The molecule has 106 valence electrons. The van der Waals surface area contributed by atoms with Crippen molar-refractivity contribution in [1.82, 2.24) is 9.55 Å². The number of aryl methyl sites for hydroxylation is 1. The summed E-state index contributed by atoms with van der Waals surface area (Å²) < 4.78 is 12.0. The van der Waals surface area contributed by atoms with Crippen molar-refractivity contribution in [1.29, 1.82) is 0 Å². The lowest BCUT2D eigenvalue weighted by Crippen LogP contribution is -2.22. The molecule has 0 amide bonds. The van der Waals surface area contributed by atoms with Crippen molar-refractivity contribution in [3.05, 3.63) is 40.9 Å². The number of methoxy groups -OCH3 is 2. The highest BCUT2D eigenvalue weighted by atomic mass is 16.5. The SMILES string of the molecule is CCn1ccnc(Nc2ccc(OC)cc2OC)c1=O. The molecule has 0 saturated carbocycles. The smallest absolute Gasteiger partial charge is 0.293 e. The third kappa shape index (κ3) is 2.74. The molecule has 0 aliphatic rings. The Bertz CT molecular complexity index is 652. The highest BCUT2D eigenvalue weighted by Crippen LogP contribution is 2.30. The van der Waals surface area contributed by atoms with Gasteiger partial charge >= 0.3 is 0 Å². The summed E-state index contributed by atoms with van der Waals surface area (Å²) in [5.41, 5.74) is 0.486. The number of aromatic nitrogens is 2. The quantitative estimate of drug-likeness (QED) is 0.904. The number of hydrogen-bond acceptors (Lipinski definition) is 5. The van der Waals surface area contributed by atoms with Crippen LogP contribution in [0.1, 0.15) is 6.92 Å². The molecule has 0 radical (unpaired) electrons. The monoisotopic (exact) mass is 275 g/mol. The zero-order valence-electron chi connectivity index (χ0n) is 11.7. The van der Waals surface area contributed by atoms with E-state index >= 15 is 0 Å². The van der Waals surface area contributed by atoms with Crippen molar-refractivity contribution in [2.24, 2.45) is 0 Å². The predicted molar refractivity (Wildman–Crippen MR) is 77.0 cm³/mol. The molecule has 0 spiro atoms. The summed E-state index contributed by atoms with van der Waals surface area (Å²) in [5, 5.41) is 2.99. The molecule has 0 bridgehead atoms. The van der Waals surface area contributed by atoms with Gasteiger partial charge in [0.1, 0.15) is 11.5 Å². The van der Waals surface area contributed by atoms with Gasteiger partial charge in [0.05, 0.1) is 19.9 Å². The van der Waals surface area contributed by atoms with Gasteiger partial charge in [-0.3, -0.25) is 4.79 Å². The molecule has 0 aliphatic carbocycles. The van der Waals surface area contributed by atoms with E-state index in [0.29, 0.717) is 23.7 Å². The third-order valence-electron chi connectivity index (χ3n) is 2.92. The van der Waals surface area contributed by atoms with Gasteiger partial charge < -0.3 is 19.4 Å². The van der Waals surface area contributed by atoms with Crippen LogP contribution in [0.4, 0.5) is 11.5 Å². The molecule has 20 heavy (non-hydrogen) atoms. The summed E-state index contributed by atoms with van der Waals surface area (Å²) in [6.45, 7) is 2.49. The topological polar surface area (TPSA) is 65.4 Å². The van der Waals surface area contributed by atoms with Gasteiger partial charge in [-0.1, -0.05) is 0 Å². The Labute approximate surface area is 117 Å². The largest absolute Gasteiger partial charge is 0.497 e. The fourth-order valence-corrected chi connectivity index (χ4v) is 1.81. The fraction of sp³-hybridized carbons (Fsp3) is 0.286. The van der Waals surface area contributed by atoms with Crippen LogP contribution in [0.25, 0.3) is 0 Å². The fourth-order valence-electron chi connectivity index (χ4n) is 1.81. The summed E-state index contributed by atoms with van der Waals surface area (Å²) in [7, 11) is 3.14. The number of anilines is 2. The summed E-state index contributed by atoms with van der Waals surface area (Å²) in [6, 6.07) is 5.30. The molecule has 6 nitrogen and oxygen atoms in total. The van der Waals surface area contributed by atoms with E-state index < -0.39 is 0 Å². The number of nitrogens with zero attached hydrogens (tertiary/aromatic N) is 2. The molecule has 1 aromatic carbocycles. The lowest BCUT2D eigenvalue weighted by Gasteiger charge is -2.12. The second-order valence-electron chi connectivity index (χ2n) is 4.06. The van der Waals surface area contributed by atoms with Crippen LogP contribution >= 0.6 is 0 Å². The maximum Gasteiger partial charge on any atom is 0.293 e. The maximum atomic E-state index is 12.1. The van der Waals surface area contributed by atoms with E-state index in [1.165, 1.54) is 0 Å². The van der Waals surface area contributed by atoms with Crippen LogP contribution in [0.5, 0.6) is 11.5 Å². The number of rotatable bonds is 5. The highest BCUT2D eigenvalue weighted by molar-refractivity contribution is 5.65. The van der Waals surface area contributed by atoms with Crippen LogP contribution in [-0.4, -0.2) is 23.8 Å². The van der Waals surface area contributed by atoms with Crippen molar-refractivity contribution in [2.75, 3.05) is 19.5 Å². The summed E-state index contributed by atoms with van der Waals surface area (Å²) in [4.78, 5) is 16.2. The molecule has 2 aromatic rings.